The number of anilines is 2. The fraction of sp³-hybridized carbons (Fsp3) is 0.423. The lowest BCUT2D eigenvalue weighted by atomic mass is 9.79. The zero-order valence-corrected chi connectivity index (χ0v) is 20.8. The zero-order valence-electron chi connectivity index (χ0n) is 20.0. The molecule has 3 aliphatic carbocycles. The third-order valence-corrected chi connectivity index (χ3v) is 9.69. The van der Waals surface area contributed by atoms with E-state index in [1.165, 1.54) is 19.8 Å². The third kappa shape index (κ3) is 3.03. The molecule has 2 bridgehead atoms. The number of fused-ring (bicyclic) bond motifs is 5. The van der Waals surface area contributed by atoms with Crippen LogP contribution in [-0.2, 0) is 21.9 Å². The molecule has 8 nitrogen and oxygen atoms in total. The fourth-order valence-electron chi connectivity index (χ4n) is 6.29. The van der Waals surface area contributed by atoms with Crippen molar-refractivity contribution >= 4 is 21.5 Å². The van der Waals surface area contributed by atoms with Gasteiger partial charge in [0.05, 0.1) is 20.8 Å². The molecule has 188 valence electrons. The van der Waals surface area contributed by atoms with Gasteiger partial charge >= 0.3 is 0 Å². The van der Waals surface area contributed by atoms with Gasteiger partial charge in [-0.25, -0.2) is 12.8 Å². The molecule has 1 spiro atoms. The average molecular weight is 512 g/mol. The van der Waals surface area contributed by atoms with Gasteiger partial charge in [-0.2, -0.15) is 0 Å². The van der Waals surface area contributed by atoms with Crippen molar-refractivity contribution in [2.75, 3.05) is 30.4 Å². The first-order valence-electron chi connectivity index (χ1n) is 12.1. The van der Waals surface area contributed by atoms with Gasteiger partial charge in [0, 0.05) is 41.1 Å². The van der Waals surface area contributed by atoms with Gasteiger partial charge in [0.25, 0.3) is 10.0 Å². The monoisotopic (exact) mass is 511 g/mol. The molecule has 1 aromatic heterocycles. The summed E-state index contributed by atoms with van der Waals surface area (Å²) < 4.78 is 60.5. The van der Waals surface area contributed by atoms with Crippen LogP contribution in [0.4, 0.5) is 15.9 Å². The van der Waals surface area contributed by atoms with E-state index in [0.29, 0.717) is 31.6 Å². The number of ether oxygens (including phenoxy) is 2. The molecule has 2 aliphatic heterocycles. The van der Waals surface area contributed by atoms with Crippen molar-refractivity contribution in [3.05, 3.63) is 47.5 Å². The van der Waals surface area contributed by atoms with E-state index in [1.807, 2.05) is 0 Å². The summed E-state index contributed by atoms with van der Waals surface area (Å²) in [5.41, 5.74) is 2.69. The SMILES string of the molecule is COc1cccc(OC)c1S(=O)(=O)Nc1noc2c1CC1(CC1)c1ccc(N3CC4(F)CC3C4)cc1-2. The molecule has 36 heavy (non-hydrogen) atoms. The molecule has 10 heteroatoms. The van der Waals surface area contributed by atoms with Crippen LogP contribution in [0.5, 0.6) is 11.5 Å². The fourth-order valence-corrected chi connectivity index (χ4v) is 7.64. The molecule has 0 amide bonds. The van der Waals surface area contributed by atoms with Crippen LogP contribution in [0.3, 0.4) is 0 Å². The summed E-state index contributed by atoms with van der Waals surface area (Å²) in [6.45, 7) is 0.413. The van der Waals surface area contributed by atoms with Gasteiger partial charge in [0.15, 0.2) is 16.5 Å². The topological polar surface area (TPSA) is 93.9 Å². The lowest BCUT2D eigenvalue weighted by Gasteiger charge is -2.31. The van der Waals surface area contributed by atoms with E-state index in [0.717, 1.165) is 29.7 Å². The van der Waals surface area contributed by atoms with E-state index in [9.17, 15) is 12.8 Å². The Hall–Kier alpha value is -3.27. The van der Waals surface area contributed by atoms with Crippen LogP contribution in [0.2, 0.25) is 0 Å². The summed E-state index contributed by atoms with van der Waals surface area (Å²) in [6.07, 6.45) is 3.83. The van der Waals surface area contributed by atoms with Gasteiger partial charge in [-0.15, -0.1) is 0 Å². The number of hydrogen-bond donors (Lipinski definition) is 1. The van der Waals surface area contributed by atoms with Crippen LogP contribution >= 0.6 is 0 Å². The lowest BCUT2D eigenvalue weighted by molar-refractivity contribution is 0.114. The van der Waals surface area contributed by atoms with Crippen molar-refractivity contribution in [1.29, 1.82) is 0 Å². The second-order valence-electron chi connectivity index (χ2n) is 10.5. The van der Waals surface area contributed by atoms with E-state index >= 15 is 0 Å². The Morgan fingerprint density at radius 3 is 2.47 bits per heavy atom. The molecule has 5 aliphatic rings. The van der Waals surface area contributed by atoms with Gasteiger partial charge in [-0.3, -0.25) is 4.72 Å². The number of benzene rings is 2. The standard InChI is InChI=1S/C26H26FN3O5S/c1-33-20-4-3-5-21(34-2)23(20)36(31,32)29-24-18-13-25(8-9-25)19-7-6-15(10-17(19)22(18)35-28-24)30-14-26(27)11-16(30)12-26/h3-7,10,16H,8-9,11-14H2,1-2H3,(H,28,29). The molecule has 0 atom stereocenters. The molecular weight excluding hydrogens is 485 g/mol. The molecular formula is C26H26FN3O5S. The largest absolute Gasteiger partial charge is 0.495 e. The number of nitrogens with one attached hydrogen (secondary N) is 1. The molecule has 2 saturated carbocycles. The first-order valence-corrected chi connectivity index (χ1v) is 13.6. The highest BCUT2D eigenvalue weighted by atomic mass is 32.2. The molecule has 1 N–H and O–H groups in total. The third-order valence-electron chi connectivity index (χ3n) is 8.29. The van der Waals surface area contributed by atoms with Crippen molar-refractivity contribution in [3.8, 4) is 22.8 Å². The Kier molecular flexibility index (Phi) is 4.36. The highest BCUT2D eigenvalue weighted by Crippen LogP contribution is 2.59. The maximum absolute atomic E-state index is 14.6. The summed E-state index contributed by atoms with van der Waals surface area (Å²) in [5.74, 6) is 1.08. The first-order chi connectivity index (χ1) is 17.3. The highest BCUT2D eigenvalue weighted by Gasteiger charge is 2.56. The normalized spacial score (nSPS) is 24.6. The van der Waals surface area contributed by atoms with Crippen LogP contribution in [0.15, 0.2) is 45.8 Å². The van der Waals surface area contributed by atoms with E-state index in [-0.39, 0.29) is 33.7 Å². The summed E-state index contributed by atoms with van der Waals surface area (Å²) in [6, 6.07) is 11.3. The Morgan fingerprint density at radius 1 is 1.14 bits per heavy atom. The van der Waals surface area contributed by atoms with Crippen LogP contribution < -0.4 is 19.1 Å². The smallest absolute Gasteiger partial charge is 0.270 e. The van der Waals surface area contributed by atoms with Crippen molar-refractivity contribution in [2.45, 2.75) is 54.1 Å². The number of nitrogens with zero attached hydrogens (tertiary/aromatic N) is 2. The van der Waals surface area contributed by atoms with Crippen LogP contribution in [0.25, 0.3) is 11.3 Å². The van der Waals surface area contributed by atoms with Crippen molar-refractivity contribution in [1.82, 2.24) is 5.16 Å². The van der Waals surface area contributed by atoms with Gasteiger partial charge in [0.1, 0.15) is 17.2 Å². The maximum atomic E-state index is 14.6. The molecule has 8 rings (SSSR count). The minimum atomic E-state index is -4.10. The first kappa shape index (κ1) is 22.0. The lowest BCUT2D eigenvalue weighted by Crippen LogP contribution is -2.36. The Bertz CT molecular complexity index is 1490. The van der Waals surface area contributed by atoms with E-state index in [1.54, 1.807) is 18.2 Å². The molecule has 2 saturated heterocycles. The molecule has 3 aromatic rings. The Labute approximate surface area is 208 Å². The summed E-state index contributed by atoms with van der Waals surface area (Å²) in [5, 5.41) is 4.15. The number of halogens is 1. The average Bonchev–Trinajstić information content (AvgIpc) is 3.21. The van der Waals surface area contributed by atoms with Crippen molar-refractivity contribution in [2.24, 2.45) is 0 Å². The molecule has 2 aromatic carbocycles. The molecule has 0 unspecified atom stereocenters. The zero-order chi connectivity index (χ0) is 24.9. The number of sulfonamides is 1. The van der Waals surface area contributed by atoms with Gasteiger partial charge in [0.2, 0.25) is 0 Å². The summed E-state index contributed by atoms with van der Waals surface area (Å²) >= 11 is 0. The number of aromatic nitrogens is 1. The Balaban J connectivity index is 1.29. The van der Waals surface area contributed by atoms with Crippen LogP contribution in [0.1, 0.15) is 36.8 Å². The van der Waals surface area contributed by atoms with Crippen molar-refractivity contribution < 1.29 is 26.8 Å². The molecule has 3 heterocycles. The second kappa shape index (κ2) is 7.15. The van der Waals surface area contributed by atoms with E-state index < -0.39 is 15.7 Å². The minimum Gasteiger partial charge on any atom is -0.495 e. The van der Waals surface area contributed by atoms with Crippen molar-refractivity contribution in [3.63, 3.8) is 0 Å². The summed E-state index contributed by atoms with van der Waals surface area (Å²) in [4.78, 5) is 2.04. The number of methoxy groups -OCH3 is 2. The second-order valence-corrected chi connectivity index (χ2v) is 12.1. The predicted molar refractivity (Wildman–Crippen MR) is 131 cm³/mol. The number of rotatable bonds is 6. The molecule has 4 fully saturated rings. The predicted octanol–water partition coefficient (Wildman–Crippen LogP) is 4.44. The quantitative estimate of drug-likeness (QED) is 0.523. The van der Waals surface area contributed by atoms with Gasteiger partial charge in [-0.1, -0.05) is 17.3 Å². The van der Waals surface area contributed by atoms with E-state index in [2.05, 4.69) is 33.0 Å². The highest BCUT2D eigenvalue weighted by molar-refractivity contribution is 7.93. The van der Waals surface area contributed by atoms with Gasteiger partial charge in [-0.05, 0) is 49.1 Å². The number of hydrogen-bond acceptors (Lipinski definition) is 7. The Morgan fingerprint density at radius 2 is 1.86 bits per heavy atom. The van der Waals surface area contributed by atoms with Gasteiger partial charge < -0.3 is 18.9 Å². The maximum Gasteiger partial charge on any atom is 0.270 e. The minimum absolute atomic E-state index is 0.0524. The van der Waals surface area contributed by atoms with Crippen LogP contribution in [-0.4, -0.2) is 46.0 Å². The number of alkyl halides is 1. The van der Waals surface area contributed by atoms with Crippen LogP contribution in [0, 0.1) is 0 Å². The molecule has 0 radical (unpaired) electrons. The van der Waals surface area contributed by atoms with E-state index in [4.69, 9.17) is 14.0 Å². The summed E-state index contributed by atoms with van der Waals surface area (Å²) in [7, 11) is -1.28.